The van der Waals surface area contributed by atoms with Crippen molar-refractivity contribution in [1.82, 2.24) is 10.2 Å². The maximum atomic E-state index is 12.6. The number of amides is 1. The van der Waals surface area contributed by atoms with Crippen LogP contribution in [0.25, 0.3) is 0 Å². The van der Waals surface area contributed by atoms with Crippen LogP contribution in [0.1, 0.15) is 27.5 Å². The topological polar surface area (TPSA) is 50.8 Å². The van der Waals surface area contributed by atoms with Crippen LogP contribution in [-0.4, -0.2) is 44.7 Å². The number of halogens is 1. The lowest BCUT2D eigenvalue weighted by atomic mass is 9.91. The van der Waals surface area contributed by atoms with Crippen LogP contribution in [-0.2, 0) is 6.42 Å². The van der Waals surface area contributed by atoms with Crippen molar-refractivity contribution in [3.05, 3.63) is 70.8 Å². The summed E-state index contributed by atoms with van der Waals surface area (Å²) in [7, 11) is 3.27. The van der Waals surface area contributed by atoms with Crippen molar-refractivity contribution < 1.29 is 14.3 Å². The zero-order valence-corrected chi connectivity index (χ0v) is 17.0. The maximum absolute atomic E-state index is 12.6. The van der Waals surface area contributed by atoms with Crippen LogP contribution < -0.4 is 14.8 Å². The molecule has 0 spiro atoms. The number of nitrogens with one attached hydrogen (secondary N) is 1. The van der Waals surface area contributed by atoms with E-state index in [1.807, 2.05) is 18.2 Å². The summed E-state index contributed by atoms with van der Waals surface area (Å²) in [5.74, 6) is 1.27. The van der Waals surface area contributed by atoms with Gasteiger partial charge in [0.1, 0.15) is 0 Å². The zero-order chi connectivity index (χ0) is 20.1. The molecule has 6 heteroatoms. The third-order valence-electron chi connectivity index (χ3n) is 5.02. The molecule has 0 radical (unpaired) electrons. The van der Waals surface area contributed by atoms with Crippen LogP contribution >= 0.6 is 11.6 Å². The third kappa shape index (κ3) is 4.32. The van der Waals surface area contributed by atoms with E-state index in [0.717, 1.165) is 30.8 Å². The van der Waals surface area contributed by atoms with E-state index in [9.17, 15) is 4.79 Å². The number of ether oxygens (including phenoxy) is 2. The first-order valence-electron chi connectivity index (χ1n) is 9.21. The van der Waals surface area contributed by atoms with Gasteiger partial charge in [0.15, 0.2) is 11.5 Å². The van der Waals surface area contributed by atoms with Crippen molar-refractivity contribution in [3.63, 3.8) is 0 Å². The first-order chi connectivity index (χ1) is 13.6. The van der Waals surface area contributed by atoms with E-state index < -0.39 is 0 Å². The Bertz CT molecular complexity index is 869. The van der Waals surface area contributed by atoms with Gasteiger partial charge in [-0.15, -0.1) is 6.58 Å². The summed E-state index contributed by atoms with van der Waals surface area (Å²) < 4.78 is 10.9. The monoisotopic (exact) mass is 400 g/mol. The summed E-state index contributed by atoms with van der Waals surface area (Å²) in [5, 5.41) is 3.59. The van der Waals surface area contributed by atoms with Gasteiger partial charge >= 0.3 is 0 Å². The van der Waals surface area contributed by atoms with Crippen LogP contribution in [0.2, 0.25) is 5.02 Å². The Hall–Kier alpha value is -2.50. The van der Waals surface area contributed by atoms with E-state index in [2.05, 4.69) is 16.8 Å². The van der Waals surface area contributed by atoms with Crippen LogP contribution in [0.4, 0.5) is 0 Å². The minimum Gasteiger partial charge on any atom is -0.493 e. The van der Waals surface area contributed by atoms with Gasteiger partial charge in [0.25, 0.3) is 5.91 Å². The van der Waals surface area contributed by atoms with Crippen LogP contribution in [0.15, 0.2) is 49.1 Å². The summed E-state index contributed by atoms with van der Waals surface area (Å²) in [6, 6.07) is 11.0. The van der Waals surface area contributed by atoms with E-state index in [1.54, 1.807) is 38.5 Å². The average molecular weight is 401 g/mol. The van der Waals surface area contributed by atoms with E-state index in [-0.39, 0.29) is 11.9 Å². The van der Waals surface area contributed by atoms with Gasteiger partial charge in [-0.2, -0.15) is 0 Å². The highest BCUT2D eigenvalue weighted by molar-refractivity contribution is 6.30. The van der Waals surface area contributed by atoms with Crippen LogP contribution in [0.5, 0.6) is 11.5 Å². The molecular formula is C22H25ClN2O3. The molecule has 0 saturated heterocycles. The number of nitrogens with zero attached hydrogens (tertiary/aromatic N) is 1. The molecule has 28 heavy (non-hydrogen) atoms. The minimum absolute atomic E-state index is 0.0182. The fourth-order valence-electron chi connectivity index (χ4n) is 3.62. The minimum atomic E-state index is -0.145. The number of hydrogen-bond acceptors (Lipinski definition) is 4. The standard InChI is InChI=1S/C22H25ClN2O3/c1-4-9-25-10-8-15-12-20(27-2)21(28-3)13-18(15)19(25)14-24-22(26)16-6-5-7-17(23)11-16/h4-7,11-13,19H,1,8-10,14H2,2-3H3,(H,24,26)/t19-/m0/s1. The highest BCUT2D eigenvalue weighted by atomic mass is 35.5. The van der Waals surface area contributed by atoms with Gasteiger partial charge in [-0.25, -0.2) is 0 Å². The van der Waals surface area contributed by atoms with Crippen LogP contribution in [0.3, 0.4) is 0 Å². The van der Waals surface area contributed by atoms with Gasteiger partial charge in [0, 0.05) is 30.2 Å². The maximum Gasteiger partial charge on any atom is 0.251 e. The number of carbonyl (C=O) groups excluding carboxylic acids is 1. The second kappa shape index (κ2) is 9.13. The van der Waals surface area contributed by atoms with Gasteiger partial charge in [-0.05, 0) is 47.9 Å². The number of rotatable bonds is 7. The van der Waals surface area contributed by atoms with Crippen molar-refractivity contribution >= 4 is 17.5 Å². The Morgan fingerprint density at radius 3 is 2.71 bits per heavy atom. The molecular weight excluding hydrogens is 376 g/mol. The fourth-order valence-corrected chi connectivity index (χ4v) is 3.81. The number of fused-ring (bicyclic) bond motifs is 1. The second-order valence-corrected chi connectivity index (χ2v) is 7.11. The van der Waals surface area contributed by atoms with Gasteiger partial charge in [-0.1, -0.05) is 23.7 Å². The van der Waals surface area contributed by atoms with Gasteiger partial charge in [0.05, 0.1) is 20.3 Å². The van der Waals surface area contributed by atoms with E-state index in [4.69, 9.17) is 21.1 Å². The zero-order valence-electron chi connectivity index (χ0n) is 16.2. The molecule has 1 heterocycles. The molecule has 3 rings (SSSR count). The molecule has 0 aromatic heterocycles. The number of hydrogen-bond donors (Lipinski definition) is 1. The molecule has 0 aliphatic carbocycles. The lowest BCUT2D eigenvalue weighted by Crippen LogP contribution is -2.42. The molecule has 0 saturated carbocycles. The largest absolute Gasteiger partial charge is 0.493 e. The highest BCUT2D eigenvalue weighted by Crippen LogP contribution is 2.37. The Balaban J connectivity index is 1.86. The van der Waals surface area contributed by atoms with Crippen LogP contribution in [0, 0.1) is 0 Å². The van der Waals surface area contributed by atoms with E-state index in [1.165, 1.54) is 5.56 Å². The molecule has 1 amide bonds. The molecule has 148 valence electrons. The molecule has 0 unspecified atom stereocenters. The summed E-state index contributed by atoms with van der Waals surface area (Å²) in [5.41, 5.74) is 2.89. The third-order valence-corrected chi connectivity index (χ3v) is 5.25. The molecule has 0 fully saturated rings. The second-order valence-electron chi connectivity index (χ2n) is 6.68. The SMILES string of the molecule is C=CCN1CCc2cc(OC)c(OC)cc2[C@@H]1CNC(=O)c1cccc(Cl)c1. The Morgan fingerprint density at radius 2 is 2.04 bits per heavy atom. The molecule has 2 aromatic carbocycles. The lowest BCUT2D eigenvalue weighted by Gasteiger charge is -2.37. The molecule has 0 bridgehead atoms. The molecule has 1 N–H and O–H groups in total. The fraction of sp³-hybridized carbons (Fsp3) is 0.318. The first-order valence-corrected chi connectivity index (χ1v) is 9.58. The molecule has 1 aliphatic rings. The first kappa shape index (κ1) is 20.2. The molecule has 1 aliphatic heterocycles. The predicted octanol–water partition coefficient (Wildman–Crippen LogP) is 3.87. The smallest absolute Gasteiger partial charge is 0.251 e. The summed E-state index contributed by atoms with van der Waals surface area (Å²) in [6.07, 6.45) is 2.79. The number of benzene rings is 2. The van der Waals surface area contributed by atoms with Crippen molar-refractivity contribution in [3.8, 4) is 11.5 Å². The molecule has 5 nitrogen and oxygen atoms in total. The van der Waals surface area contributed by atoms with Crippen molar-refractivity contribution in [2.24, 2.45) is 0 Å². The molecule has 2 aromatic rings. The van der Waals surface area contributed by atoms with Gasteiger partial charge in [-0.3, -0.25) is 9.69 Å². The average Bonchev–Trinajstić information content (AvgIpc) is 2.71. The Kier molecular flexibility index (Phi) is 6.60. The van der Waals surface area contributed by atoms with Crippen molar-refractivity contribution in [1.29, 1.82) is 0 Å². The predicted molar refractivity (Wildman–Crippen MR) is 112 cm³/mol. The number of carbonyl (C=O) groups is 1. The van der Waals surface area contributed by atoms with Crippen molar-refractivity contribution in [2.75, 3.05) is 33.9 Å². The highest BCUT2D eigenvalue weighted by Gasteiger charge is 2.29. The normalized spacial score (nSPS) is 16.2. The van der Waals surface area contributed by atoms with Gasteiger partial charge in [0.2, 0.25) is 0 Å². The van der Waals surface area contributed by atoms with E-state index in [0.29, 0.717) is 22.9 Å². The molecule has 1 atom stereocenters. The summed E-state index contributed by atoms with van der Waals surface area (Å²) in [6.45, 7) is 5.97. The van der Waals surface area contributed by atoms with Crippen molar-refractivity contribution in [2.45, 2.75) is 12.5 Å². The lowest BCUT2D eigenvalue weighted by molar-refractivity contribution is 0.0932. The summed E-state index contributed by atoms with van der Waals surface area (Å²) in [4.78, 5) is 14.9. The Labute approximate surface area is 170 Å². The van der Waals surface area contributed by atoms with E-state index >= 15 is 0 Å². The Morgan fingerprint density at radius 1 is 1.29 bits per heavy atom. The van der Waals surface area contributed by atoms with Gasteiger partial charge < -0.3 is 14.8 Å². The quantitative estimate of drug-likeness (QED) is 0.717. The summed E-state index contributed by atoms with van der Waals surface area (Å²) >= 11 is 6.01. The number of methoxy groups -OCH3 is 2.